The van der Waals surface area contributed by atoms with E-state index in [0.717, 1.165) is 68.8 Å². The highest BCUT2D eigenvalue weighted by molar-refractivity contribution is 7.19. The Morgan fingerprint density at radius 2 is 2.20 bits per heavy atom. The number of aromatic nitrogens is 6. The lowest BCUT2D eigenvalue weighted by molar-refractivity contribution is 0.130. The maximum absolute atomic E-state index is 6.16. The van der Waals surface area contributed by atoms with E-state index < -0.39 is 0 Å². The van der Waals surface area contributed by atoms with Crippen molar-refractivity contribution < 1.29 is 4.74 Å². The number of aromatic amines is 2. The second kappa shape index (κ2) is 6.99. The zero-order chi connectivity index (χ0) is 20.1. The summed E-state index contributed by atoms with van der Waals surface area (Å²) in [4.78, 5) is 21.9. The molecule has 30 heavy (non-hydrogen) atoms. The second-order valence-corrected chi connectivity index (χ2v) is 8.68. The number of rotatable bonds is 3. The Hall–Kier alpha value is -3.11. The van der Waals surface area contributed by atoms with Crippen LogP contribution in [0.4, 0.5) is 5.00 Å². The highest BCUT2D eigenvalue weighted by Crippen LogP contribution is 2.40. The van der Waals surface area contributed by atoms with Crippen molar-refractivity contribution in [2.24, 2.45) is 4.99 Å². The first-order chi connectivity index (χ1) is 14.7. The van der Waals surface area contributed by atoms with Gasteiger partial charge in [-0.1, -0.05) is 11.3 Å². The molecule has 2 aliphatic rings. The van der Waals surface area contributed by atoms with Crippen LogP contribution in [-0.2, 0) is 11.2 Å². The molecule has 2 aliphatic heterocycles. The Labute approximate surface area is 176 Å². The average molecular weight is 421 g/mol. The van der Waals surface area contributed by atoms with Gasteiger partial charge in [-0.25, -0.2) is 15.0 Å². The Morgan fingerprint density at radius 1 is 1.23 bits per heavy atom. The highest BCUT2D eigenvalue weighted by Gasteiger charge is 2.27. The lowest BCUT2D eigenvalue weighted by atomic mass is 10.0. The lowest BCUT2D eigenvalue weighted by Crippen LogP contribution is -2.40. The minimum Gasteiger partial charge on any atom is -0.477 e. The monoisotopic (exact) mass is 420 g/mol. The molecule has 6 rings (SSSR count). The largest absolute Gasteiger partial charge is 0.477 e. The molecule has 2 atom stereocenters. The van der Waals surface area contributed by atoms with Crippen LogP contribution >= 0.6 is 11.3 Å². The predicted octanol–water partition coefficient (Wildman–Crippen LogP) is 3.21. The molecule has 0 amide bonds. The van der Waals surface area contributed by atoms with E-state index in [0.29, 0.717) is 12.5 Å². The third-order valence-electron chi connectivity index (χ3n) is 5.57. The molecule has 0 radical (unpaired) electrons. The molecule has 10 heteroatoms. The van der Waals surface area contributed by atoms with Gasteiger partial charge in [0, 0.05) is 29.6 Å². The van der Waals surface area contributed by atoms with E-state index in [1.807, 2.05) is 12.4 Å². The highest BCUT2D eigenvalue weighted by atomic mass is 32.1. The number of fused-ring (bicyclic) bond motifs is 2. The number of hydrogen-bond donors (Lipinski definition) is 3. The molecule has 4 aromatic rings. The van der Waals surface area contributed by atoms with E-state index in [4.69, 9.17) is 14.7 Å². The van der Waals surface area contributed by atoms with E-state index >= 15 is 0 Å². The van der Waals surface area contributed by atoms with Crippen LogP contribution in [-0.4, -0.2) is 54.7 Å². The van der Waals surface area contributed by atoms with Crippen LogP contribution in [0, 0.1) is 0 Å². The number of thiazole rings is 1. The van der Waals surface area contributed by atoms with Crippen molar-refractivity contribution in [2.75, 3.05) is 6.54 Å². The number of H-pyrrole nitrogens is 2. The summed E-state index contributed by atoms with van der Waals surface area (Å²) in [7, 11) is 0. The first kappa shape index (κ1) is 17.7. The van der Waals surface area contributed by atoms with Crippen molar-refractivity contribution in [3.8, 4) is 21.8 Å². The minimum absolute atomic E-state index is 0.232. The smallest absolute Gasteiger partial charge is 0.195 e. The number of nitrogens with one attached hydrogen (secondary N) is 3. The molecule has 6 heterocycles. The van der Waals surface area contributed by atoms with E-state index in [1.165, 1.54) is 0 Å². The Morgan fingerprint density at radius 3 is 3.03 bits per heavy atom. The van der Waals surface area contributed by atoms with Gasteiger partial charge in [0.25, 0.3) is 0 Å². The molecule has 0 aliphatic carbocycles. The zero-order valence-electron chi connectivity index (χ0n) is 16.3. The first-order valence-corrected chi connectivity index (χ1v) is 10.8. The summed E-state index contributed by atoms with van der Waals surface area (Å²) in [5, 5.41) is 12.1. The molecule has 1 saturated heterocycles. The van der Waals surface area contributed by atoms with Crippen molar-refractivity contribution >= 4 is 33.3 Å². The zero-order valence-corrected chi connectivity index (χ0v) is 17.2. The van der Waals surface area contributed by atoms with Gasteiger partial charge in [-0.15, -0.1) is 0 Å². The van der Waals surface area contributed by atoms with Crippen LogP contribution in [0.1, 0.15) is 25.5 Å². The first-order valence-electron chi connectivity index (χ1n) is 10.0. The van der Waals surface area contributed by atoms with Gasteiger partial charge in [0.1, 0.15) is 27.3 Å². The van der Waals surface area contributed by atoms with E-state index in [9.17, 15) is 0 Å². The number of hydrogen-bond acceptors (Lipinski definition) is 8. The number of pyridine rings is 1. The van der Waals surface area contributed by atoms with Crippen LogP contribution in [0.5, 0.6) is 0 Å². The van der Waals surface area contributed by atoms with Gasteiger partial charge in [0.05, 0.1) is 30.2 Å². The summed E-state index contributed by atoms with van der Waals surface area (Å²) in [6, 6.07) is 0.484. The third-order valence-corrected chi connectivity index (χ3v) is 6.56. The van der Waals surface area contributed by atoms with E-state index in [1.54, 1.807) is 23.9 Å². The van der Waals surface area contributed by atoms with Gasteiger partial charge in [-0.05, 0) is 26.3 Å². The topological polar surface area (TPSA) is 117 Å². The van der Waals surface area contributed by atoms with Gasteiger partial charge in [0.2, 0.25) is 0 Å². The third kappa shape index (κ3) is 2.99. The minimum atomic E-state index is 0.232. The van der Waals surface area contributed by atoms with Crippen LogP contribution in [0.25, 0.3) is 32.9 Å². The number of piperidine rings is 1. The summed E-state index contributed by atoms with van der Waals surface area (Å²) in [5.74, 6) is 0.782. The summed E-state index contributed by atoms with van der Waals surface area (Å²) >= 11 is 1.54. The summed E-state index contributed by atoms with van der Waals surface area (Å²) in [6.07, 6.45) is 10.0. The van der Waals surface area contributed by atoms with Crippen LogP contribution in [0.2, 0.25) is 0 Å². The van der Waals surface area contributed by atoms with Gasteiger partial charge < -0.3 is 15.0 Å². The molecule has 0 unspecified atom stereocenters. The van der Waals surface area contributed by atoms with Crippen molar-refractivity contribution in [2.45, 2.75) is 38.3 Å². The molecular weight excluding hydrogens is 400 g/mol. The standard InChI is InChI=1S/C20H20N8OS/c1-10-4-12(2-3-21-10)29-15-5-14-19(28-15)30-20(27-14)18-17-16(23-9-24-17)13(8-22-18)11-6-25-26-7-11/h6-10,12,21H,2-5H2,1H3,(H,23,24)(H,25,26)/t10-,12+/m1/s1. The fourth-order valence-corrected chi connectivity index (χ4v) is 5.08. The number of ether oxygens (including phenoxy) is 1. The maximum Gasteiger partial charge on any atom is 0.195 e. The number of nitrogens with zero attached hydrogens (tertiary/aromatic N) is 5. The van der Waals surface area contributed by atoms with E-state index in [-0.39, 0.29) is 6.10 Å². The maximum atomic E-state index is 6.16. The predicted molar refractivity (Wildman–Crippen MR) is 115 cm³/mol. The van der Waals surface area contributed by atoms with Crippen molar-refractivity contribution in [1.29, 1.82) is 0 Å². The molecule has 0 spiro atoms. The van der Waals surface area contributed by atoms with Gasteiger partial charge in [-0.3, -0.25) is 10.1 Å². The van der Waals surface area contributed by atoms with Crippen LogP contribution in [0.15, 0.2) is 29.9 Å². The summed E-state index contributed by atoms with van der Waals surface area (Å²) < 4.78 is 6.16. The molecule has 9 nitrogen and oxygen atoms in total. The second-order valence-electron chi connectivity index (χ2n) is 7.71. The van der Waals surface area contributed by atoms with Gasteiger partial charge in [0.15, 0.2) is 5.90 Å². The molecule has 0 saturated carbocycles. The molecular formula is C20H20N8OS. The summed E-state index contributed by atoms with van der Waals surface area (Å²) in [6.45, 7) is 3.18. The van der Waals surface area contributed by atoms with Crippen molar-refractivity contribution in [3.05, 3.63) is 30.6 Å². The fourth-order valence-electron chi connectivity index (χ4n) is 4.10. The van der Waals surface area contributed by atoms with Crippen molar-refractivity contribution in [1.82, 2.24) is 35.5 Å². The van der Waals surface area contributed by atoms with Gasteiger partial charge >= 0.3 is 0 Å². The molecule has 1 fully saturated rings. The Bertz CT molecular complexity index is 1240. The molecule has 3 N–H and O–H groups in total. The number of imidazole rings is 1. The van der Waals surface area contributed by atoms with E-state index in [2.05, 4.69) is 37.4 Å². The molecule has 0 aromatic carbocycles. The fraction of sp³-hybridized carbons (Fsp3) is 0.350. The molecule has 4 aromatic heterocycles. The molecule has 0 bridgehead atoms. The normalized spacial score (nSPS) is 21.0. The summed E-state index contributed by atoms with van der Waals surface area (Å²) in [5.41, 5.74) is 5.35. The van der Waals surface area contributed by atoms with Gasteiger partial charge in [-0.2, -0.15) is 5.10 Å². The lowest BCUT2D eigenvalue weighted by Gasteiger charge is -2.28. The SMILES string of the molecule is C[C@@H]1C[C@@H](OC2=Nc3sc(-c4ncc(-c5cn[nH]c5)c5nc[nH]c45)nc3C2)CCN1. The molecule has 152 valence electrons. The quantitative estimate of drug-likeness (QED) is 0.469. The Kier molecular flexibility index (Phi) is 4.13. The average Bonchev–Trinajstić information content (AvgIpc) is 3.50. The van der Waals surface area contributed by atoms with Crippen LogP contribution < -0.4 is 5.32 Å². The number of aliphatic imine (C=N–C) groups is 1. The van der Waals surface area contributed by atoms with Crippen LogP contribution in [0.3, 0.4) is 0 Å². The van der Waals surface area contributed by atoms with Crippen molar-refractivity contribution in [3.63, 3.8) is 0 Å². The Balaban J connectivity index is 1.29.